The van der Waals surface area contributed by atoms with Crippen molar-refractivity contribution in [2.45, 2.75) is 13.8 Å². The zero-order valence-corrected chi connectivity index (χ0v) is 11.1. The van der Waals surface area contributed by atoms with Crippen LogP contribution in [0.4, 0.5) is 11.6 Å². The normalized spacial score (nSPS) is 10.3. The molecule has 0 aliphatic carbocycles. The van der Waals surface area contributed by atoms with E-state index in [0.717, 1.165) is 5.69 Å². The van der Waals surface area contributed by atoms with Crippen molar-refractivity contribution in [3.05, 3.63) is 35.2 Å². The summed E-state index contributed by atoms with van der Waals surface area (Å²) in [5.41, 5.74) is 4.47. The van der Waals surface area contributed by atoms with Crippen LogP contribution in [0.5, 0.6) is 0 Å². The smallest absolute Gasteiger partial charge is 0.257 e. The number of hydrogen-bond donors (Lipinski definition) is 3. The summed E-state index contributed by atoms with van der Waals surface area (Å²) in [6.45, 7) is 3.66. The van der Waals surface area contributed by atoms with E-state index in [0.29, 0.717) is 22.9 Å². The Morgan fingerprint density at radius 3 is 2.58 bits per heavy atom. The van der Waals surface area contributed by atoms with Gasteiger partial charge < -0.3 is 10.7 Å². The summed E-state index contributed by atoms with van der Waals surface area (Å²) in [5, 5.41) is 6.96. The average Bonchev–Trinajstić information content (AvgIpc) is 2.67. The molecule has 0 atom stereocenters. The van der Waals surface area contributed by atoms with Crippen molar-refractivity contribution in [3.8, 4) is 0 Å². The van der Waals surface area contributed by atoms with E-state index in [1.54, 1.807) is 36.9 Å². The van der Waals surface area contributed by atoms with Crippen LogP contribution in [0.25, 0.3) is 0 Å². The molecule has 2 aromatic heterocycles. The molecule has 0 unspecified atom stereocenters. The molecule has 0 radical (unpaired) electrons. The van der Waals surface area contributed by atoms with Gasteiger partial charge in [-0.15, -0.1) is 0 Å². The Kier molecular flexibility index (Phi) is 3.48. The second-order valence-electron chi connectivity index (χ2n) is 4.28. The van der Waals surface area contributed by atoms with Gasteiger partial charge in [0.1, 0.15) is 11.6 Å². The minimum atomic E-state index is -0.231. The molecule has 0 spiro atoms. The Morgan fingerprint density at radius 2 is 2.00 bits per heavy atom. The number of hydrogen-bond acceptors (Lipinski definition) is 5. The summed E-state index contributed by atoms with van der Waals surface area (Å²) < 4.78 is 1.61. The predicted octanol–water partition coefficient (Wildman–Crippen LogP) is 0.970. The van der Waals surface area contributed by atoms with E-state index in [4.69, 9.17) is 5.84 Å². The van der Waals surface area contributed by atoms with Crippen LogP contribution in [0.3, 0.4) is 0 Å². The number of carbonyl (C=O) groups excluding carboxylic acids is 1. The molecule has 0 bridgehead atoms. The summed E-state index contributed by atoms with van der Waals surface area (Å²) in [7, 11) is 1.77. The minimum absolute atomic E-state index is 0.231. The Hall–Kier alpha value is -2.41. The maximum atomic E-state index is 12.1. The van der Waals surface area contributed by atoms with Crippen LogP contribution in [-0.4, -0.2) is 20.7 Å². The van der Waals surface area contributed by atoms with Gasteiger partial charge in [-0.05, 0) is 26.0 Å². The van der Waals surface area contributed by atoms with Crippen molar-refractivity contribution in [1.82, 2.24) is 14.8 Å². The van der Waals surface area contributed by atoms with Gasteiger partial charge in [0.05, 0.1) is 5.69 Å². The first kappa shape index (κ1) is 13.0. The molecule has 7 nitrogen and oxygen atoms in total. The standard InChI is InChI=1S/C12H16N6O/c1-7-4-9(6-10(14-7)16-13)12(19)15-11-5-8(2)17-18(11)3/h4-6H,13H2,1-3H3,(H,14,16)(H,15,19). The summed E-state index contributed by atoms with van der Waals surface area (Å²) in [5.74, 6) is 6.17. The van der Waals surface area contributed by atoms with Crippen molar-refractivity contribution < 1.29 is 4.79 Å². The van der Waals surface area contributed by atoms with E-state index < -0.39 is 0 Å². The number of amides is 1. The molecule has 19 heavy (non-hydrogen) atoms. The van der Waals surface area contributed by atoms with Crippen molar-refractivity contribution in [2.75, 3.05) is 10.7 Å². The number of aromatic nitrogens is 3. The van der Waals surface area contributed by atoms with Gasteiger partial charge in [0.2, 0.25) is 0 Å². The average molecular weight is 260 g/mol. The fourth-order valence-electron chi connectivity index (χ4n) is 1.79. The van der Waals surface area contributed by atoms with Crippen molar-refractivity contribution >= 4 is 17.5 Å². The fraction of sp³-hybridized carbons (Fsp3) is 0.250. The number of nitrogen functional groups attached to an aromatic ring is 1. The number of rotatable bonds is 3. The molecular formula is C12H16N6O. The van der Waals surface area contributed by atoms with E-state index in [-0.39, 0.29) is 5.91 Å². The first-order valence-corrected chi connectivity index (χ1v) is 5.77. The Bertz CT molecular complexity index is 619. The number of anilines is 2. The van der Waals surface area contributed by atoms with E-state index >= 15 is 0 Å². The summed E-state index contributed by atoms with van der Waals surface area (Å²) >= 11 is 0. The van der Waals surface area contributed by atoms with Crippen molar-refractivity contribution in [3.63, 3.8) is 0 Å². The molecule has 0 fully saturated rings. The SMILES string of the molecule is Cc1cc(C(=O)Nc2cc(C)nn2C)cc(NN)n1. The Balaban J connectivity index is 2.25. The van der Waals surface area contributed by atoms with Crippen molar-refractivity contribution in [2.24, 2.45) is 12.9 Å². The monoisotopic (exact) mass is 260 g/mol. The second-order valence-corrected chi connectivity index (χ2v) is 4.28. The van der Waals surface area contributed by atoms with E-state index in [1.807, 2.05) is 6.92 Å². The molecule has 2 rings (SSSR count). The highest BCUT2D eigenvalue weighted by atomic mass is 16.1. The lowest BCUT2D eigenvalue weighted by Gasteiger charge is -2.07. The van der Waals surface area contributed by atoms with Gasteiger partial charge in [0.25, 0.3) is 5.91 Å². The maximum Gasteiger partial charge on any atom is 0.257 e. The number of hydrazine groups is 1. The molecule has 0 aliphatic heterocycles. The highest BCUT2D eigenvalue weighted by Gasteiger charge is 2.11. The number of aryl methyl sites for hydroxylation is 3. The first-order chi connectivity index (χ1) is 8.99. The van der Waals surface area contributed by atoms with E-state index in [2.05, 4.69) is 20.8 Å². The molecule has 0 aromatic carbocycles. The summed E-state index contributed by atoms with van der Waals surface area (Å²) in [6.07, 6.45) is 0. The molecule has 7 heteroatoms. The number of pyridine rings is 1. The van der Waals surface area contributed by atoms with Gasteiger partial charge in [-0.2, -0.15) is 5.10 Å². The quantitative estimate of drug-likeness (QED) is 0.564. The van der Waals surface area contributed by atoms with Gasteiger partial charge in [-0.1, -0.05) is 0 Å². The fourth-order valence-corrected chi connectivity index (χ4v) is 1.79. The molecule has 100 valence electrons. The summed E-state index contributed by atoms with van der Waals surface area (Å²) in [6, 6.07) is 5.08. The molecule has 0 saturated heterocycles. The zero-order chi connectivity index (χ0) is 14.0. The number of carbonyl (C=O) groups is 1. The van der Waals surface area contributed by atoms with Crippen LogP contribution in [0.15, 0.2) is 18.2 Å². The third-order valence-electron chi connectivity index (χ3n) is 2.61. The molecule has 2 heterocycles. The molecule has 0 aliphatic rings. The topological polar surface area (TPSA) is 97.9 Å². The van der Waals surface area contributed by atoms with Crippen LogP contribution in [0, 0.1) is 13.8 Å². The van der Waals surface area contributed by atoms with Crippen LogP contribution in [0.1, 0.15) is 21.7 Å². The Morgan fingerprint density at radius 1 is 1.26 bits per heavy atom. The largest absolute Gasteiger partial charge is 0.308 e. The third-order valence-corrected chi connectivity index (χ3v) is 2.61. The van der Waals surface area contributed by atoms with Gasteiger partial charge in [-0.3, -0.25) is 9.48 Å². The lowest BCUT2D eigenvalue weighted by molar-refractivity contribution is 0.102. The predicted molar refractivity (Wildman–Crippen MR) is 72.7 cm³/mol. The highest BCUT2D eigenvalue weighted by molar-refractivity contribution is 6.04. The first-order valence-electron chi connectivity index (χ1n) is 5.77. The van der Waals surface area contributed by atoms with Crippen LogP contribution >= 0.6 is 0 Å². The van der Waals surface area contributed by atoms with Gasteiger partial charge in [0.15, 0.2) is 0 Å². The van der Waals surface area contributed by atoms with Gasteiger partial charge >= 0.3 is 0 Å². The lowest BCUT2D eigenvalue weighted by Crippen LogP contribution is -2.16. The molecule has 0 saturated carbocycles. The third kappa shape index (κ3) is 2.89. The van der Waals surface area contributed by atoms with E-state index in [1.165, 1.54) is 0 Å². The zero-order valence-electron chi connectivity index (χ0n) is 11.1. The van der Waals surface area contributed by atoms with Crippen LogP contribution in [0.2, 0.25) is 0 Å². The van der Waals surface area contributed by atoms with Gasteiger partial charge in [0, 0.05) is 24.4 Å². The molecule has 1 amide bonds. The molecular weight excluding hydrogens is 244 g/mol. The van der Waals surface area contributed by atoms with Crippen LogP contribution < -0.4 is 16.6 Å². The number of nitrogens with zero attached hydrogens (tertiary/aromatic N) is 3. The molecule has 2 aromatic rings. The van der Waals surface area contributed by atoms with E-state index in [9.17, 15) is 4.79 Å². The number of nitrogens with two attached hydrogens (primary N) is 1. The second kappa shape index (κ2) is 5.07. The van der Waals surface area contributed by atoms with Gasteiger partial charge in [-0.25, -0.2) is 10.8 Å². The molecule has 4 N–H and O–H groups in total. The van der Waals surface area contributed by atoms with Crippen molar-refractivity contribution in [1.29, 1.82) is 0 Å². The minimum Gasteiger partial charge on any atom is -0.308 e. The Labute approximate surface area is 110 Å². The summed E-state index contributed by atoms with van der Waals surface area (Å²) in [4.78, 5) is 16.3. The lowest BCUT2D eigenvalue weighted by atomic mass is 10.2. The number of nitrogens with one attached hydrogen (secondary N) is 2. The maximum absolute atomic E-state index is 12.1. The van der Waals surface area contributed by atoms with Crippen LogP contribution in [-0.2, 0) is 7.05 Å². The highest BCUT2D eigenvalue weighted by Crippen LogP contribution is 2.13.